The van der Waals surface area contributed by atoms with E-state index in [1.54, 1.807) is 0 Å². The van der Waals surface area contributed by atoms with Crippen LogP contribution in [0.1, 0.15) is 11.1 Å². The van der Waals surface area contributed by atoms with Gasteiger partial charge in [0.1, 0.15) is 5.52 Å². The number of benzene rings is 2. The van der Waals surface area contributed by atoms with Crippen molar-refractivity contribution in [2.75, 3.05) is 6.26 Å². The molecular formula is C17H16N2O2S2. The molecule has 0 unspecified atom stereocenters. The quantitative estimate of drug-likeness (QED) is 0.357. The maximum Gasteiger partial charge on any atom is 0.266 e. The topological polar surface area (TPSA) is 55.0 Å². The van der Waals surface area contributed by atoms with Crippen LogP contribution in [-0.2, 0) is 0 Å². The summed E-state index contributed by atoms with van der Waals surface area (Å²) < 4.78 is 10.7. The average molecular weight is 344 g/mol. The molecular weight excluding hydrogens is 328 g/mol. The maximum absolute atomic E-state index is 5.45. The molecule has 4 rings (SSSR count). The number of oxazole rings is 2. The number of H-pyrrole nitrogens is 1. The highest BCUT2D eigenvalue weighted by Crippen LogP contribution is 2.23. The first kappa shape index (κ1) is 15.8. The van der Waals surface area contributed by atoms with Gasteiger partial charge in [-0.05, 0) is 55.6 Å². The third kappa shape index (κ3) is 3.33. The van der Waals surface area contributed by atoms with Gasteiger partial charge in [0.25, 0.3) is 10.1 Å². The first-order chi connectivity index (χ1) is 11.1. The number of hydrogen-bond acceptors (Lipinski definition) is 5. The number of para-hydroxylation sites is 2. The lowest BCUT2D eigenvalue weighted by molar-refractivity contribution is 0.490. The van der Waals surface area contributed by atoms with Gasteiger partial charge >= 0.3 is 0 Å². The van der Waals surface area contributed by atoms with E-state index in [9.17, 15) is 0 Å². The number of nitrogens with one attached hydrogen (secondary N) is 1. The van der Waals surface area contributed by atoms with Crippen LogP contribution in [0.5, 0.6) is 0 Å². The van der Waals surface area contributed by atoms with E-state index in [4.69, 9.17) is 21.1 Å². The van der Waals surface area contributed by atoms with Gasteiger partial charge in [0.05, 0.1) is 5.52 Å². The zero-order valence-corrected chi connectivity index (χ0v) is 14.7. The molecule has 4 nitrogen and oxygen atoms in total. The fraction of sp³-hybridized carbons (Fsp3) is 0.176. The monoisotopic (exact) mass is 344 g/mol. The first-order valence-corrected chi connectivity index (χ1v) is 8.70. The molecule has 2 aromatic carbocycles. The Morgan fingerprint density at radius 3 is 2.35 bits per heavy atom. The molecule has 0 aliphatic heterocycles. The number of hydrogen-bond donors (Lipinski definition) is 1. The normalized spacial score (nSPS) is 10.7. The van der Waals surface area contributed by atoms with E-state index in [1.807, 2.05) is 56.5 Å². The number of thioether (sulfide) groups is 1. The number of aromatic amines is 1. The SMILES string of the molecule is CSc1nc2c(C)cccc2o1.Cc1cccc2oc(=S)[nH]c12. The fourth-order valence-corrected chi connectivity index (χ4v) is 2.81. The van der Waals surface area contributed by atoms with Gasteiger partial charge < -0.3 is 13.8 Å². The zero-order chi connectivity index (χ0) is 16.4. The molecule has 0 atom stereocenters. The lowest BCUT2D eigenvalue weighted by atomic mass is 10.2. The molecule has 0 radical (unpaired) electrons. The fourth-order valence-electron chi connectivity index (χ4n) is 2.27. The summed E-state index contributed by atoms with van der Waals surface area (Å²) in [5.74, 6) is 0. The molecule has 0 aliphatic rings. The lowest BCUT2D eigenvalue weighted by Gasteiger charge is -1.89. The van der Waals surface area contributed by atoms with E-state index in [0.29, 0.717) is 4.84 Å². The van der Waals surface area contributed by atoms with Gasteiger partial charge in [-0.2, -0.15) is 0 Å². The van der Waals surface area contributed by atoms with Crippen LogP contribution in [0.4, 0.5) is 0 Å². The number of rotatable bonds is 1. The second-order valence-electron chi connectivity index (χ2n) is 5.07. The van der Waals surface area contributed by atoms with Crippen molar-refractivity contribution in [3.8, 4) is 0 Å². The van der Waals surface area contributed by atoms with Crippen LogP contribution in [0.15, 0.2) is 50.5 Å². The van der Waals surface area contributed by atoms with Crippen molar-refractivity contribution < 1.29 is 8.83 Å². The molecule has 2 heterocycles. The Labute approximate surface area is 142 Å². The second-order valence-corrected chi connectivity index (χ2v) is 6.20. The van der Waals surface area contributed by atoms with Crippen molar-refractivity contribution >= 4 is 46.2 Å². The van der Waals surface area contributed by atoms with Crippen molar-refractivity contribution in [1.82, 2.24) is 9.97 Å². The van der Waals surface area contributed by atoms with Crippen molar-refractivity contribution in [3.63, 3.8) is 0 Å². The van der Waals surface area contributed by atoms with E-state index in [2.05, 4.69) is 9.97 Å². The summed E-state index contributed by atoms with van der Waals surface area (Å²) in [7, 11) is 0. The van der Waals surface area contributed by atoms with Crippen LogP contribution in [-0.4, -0.2) is 16.2 Å². The molecule has 23 heavy (non-hydrogen) atoms. The van der Waals surface area contributed by atoms with Crippen LogP contribution in [0.3, 0.4) is 0 Å². The van der Waals surface area contributed by atoms with E-state index in [0.717, 1.165) is 38.5 Å². The van der Waals surface area contributed by atoms with Crippen molar-refractivity contribution in [2.45, 2.75) is 19.1 Å². The second kappa shape index (κ2) is 6.60. The molecule has 2 aromatic heterocycles. The number of aryl methyl sites for hydroxylation is 2. The third-order valence-electron chi connectivity index (χ3n) is 3.44. The Hall–Kier alpha value is -2.05. The van der Waals surface area contributed by atoms with Crippen LogP contribution in [0, 0.1) is 18.7 Å². The van der Waals surface area contributed by atoms with Gasteiger partial charge in [-0.15, -0.1) is 0 Å². The van der Waals surface area contributed by atoms with Crippen LogP contribution in [0.25, 0.3) is 22.2 Å². The predicted octanol–water partition coefficient (Wildman–Crippen LogP) is 5.66. The molecule has 6 heteroatoms. The summed E-state index contributed by atoms with van der Waals surface area (Å²) in [4.78, 5) is 7.74. The molecule has 0 spiro atoms. The molecule has 0 amide bonds. The minimum atomic E-state index is 0.439. The Morgan fingerprint density at radius 2 is 1.70 bits per heavy atom. The van der Waals surface area contributed by atoms with E-state index < -0.39 is 0 Å². The van der Waals surface area contributed by atoms with Crippen molar-refractivity contribution in [3.05, 3.63) is 52.4 Å². The van der Waals surface area contributed by atoms with Gasteiger partial charge in [-0.25, -0.2) is 4.98 Å². The molecule has 118 valence electrons. The van der Waals surface area contributed by atoms with Gasteiger partial charge in [-0.1, -0.05) is 36.0 Å². The summed E-state index contributed by atoms with van der Waals surface area (Å²) in [6.45, 7) is 4.05. The first-order valence-electron chi connectivity index (χ1n) is 7.07. The van der Waals surface area contributed by atoms with Crippen LogP contribution in [0.2, 0.25) is 0 Å². The Morgan fingerprint density at radius 1 is 1.00 bits per heavy atom. The van der Waals surface area contributed by atoms with Crippen molar-refractivity contribution in [2.24, 2.45) is 0 Å². The largest absolute Gasteiger partial charge is 0.431 e. The Bertz CT molecular complexity index is 1010. The summed E-state index contributed by atoms with van der Waals surface area (Å²) in [5, 5.41) is 0.735. The van der Waals surface area contributed by atoms with Gasteiger partial charge in [0.15, 0.2) is 11.2 Å². The molecule has 1 N–H and O–H groups in total. The highest BCUT2D eigenvalue weighted by atomic mass is 32.2. The van der Waals surface area contributed by atoms with Gasteiger partial charge in [-0.3, -0.25) is 0 Å². The zero-order valence-electron chi connectivity index (χ0n) is 13.0. The molecule has 0 fully saturated rings. The molecule has 0 saturated carbocycles. The summed E-state index contributed by atoms with van der Waals surface area (Å²) in [5.41, 5.74) is 5.99. The smallest absolute Gasteiger partial charge is 0.266 e. The van der Waals surface area contributed by atoms with E-state index in [1.165, 1.54) is 11.8 Å². The lowest BCUT2D eigenvalue weighted by Crippen LogP contribution is -1.74. The molecule has 4 aromatic rings. The molecule has 0 bridgehead atoms. The summed E-state index contributed by atoms with van der Waals surface area (Å²) in [6, 6.07) is 11.8. The minimum Gasteiger partial charge on any atom is -0.431 e. The molecule has 0 saturated heterocycles. The minimum absolute atomic E-state index is 0.439. The number of fused-ring (bicyclic) bond motifs is 2. The van der Waals surface area contributed by atoms with E-state index in [-0.39, 0.29) is 0 Å². The van der Waals surface area contributed by atoms with Gasteiger partial charge in [0, 0.05) is 0 Å². The van der Waals surface area contributed by atoms with Crippen LogP contribution < -0.4 is 0 Å². The molecule has 0 aliphatic carbocycles. The Kier molecular flexibility index (Phi) is 4.54. The third-order valence-corrected chi connectivity index (χ3v) is 4.15. The highest BCUT2D eigenvalue weighted by molar-refractivity contribution is 7.98. The van der Waals surface area contributed by atoms with E-state index >= 15 is 0 Å². The van der Waals surface area contributed by atoms with Crippen LogP contribution >= 0.6 is 24.0 Å². The number of nitrogens with zero attached hydrogens (tertiary/aromatic N) is 1. The maximum atomic E-state index is 5.45. The average Bonchev–Trinajstić information content (AvgIpc) is 3.12. The van der Waals surface area contributed by atoms with Crippen molar-refractivity contribution in [1.29, 1.82) is 0 Å². The highest BCUT2D eigenvalue weighted by Gasteiger charge is 2.05. The Balaban J connectivity index is 0.000000136. The summed E-state index contributed by atoms with van der Waals surface area (Å²) in [6.07, 6.45) is 1.96. The number of aromatic nitrogens is 2. The van der Waals surface area contributed by atoms with Gasteiger partial charge in [0.2, 0.25) is 0 Å². The predicted molar refractivity (Wildman–Crippen MR) is 96.7 cm³/mol. The summed E-state index contributed by atoms with van der Waals surface area (Å²) >= 11 is 6.38. The standard InChI is InChI=1S/C9H9NOS.C8H7NOS/c1-6-4-3-5-7-8(6)10-9(11-7)12-2;1-5-3-2-4-6-7(5)9-8(11)10-6/h3-5H,1-2H3;2-4H,1H3,(H,9,11).